The number of hydrogen-bond acceptors (Lipinski definition) is 4. The number of nitriles is 1. The molecular weight excluding hydrogens is 420 g/mol. The predicted octanol–water partition coefficient (Wildman–Crippen LogP) is 4.94. The monoisotopic (exact) mass is 436 g/mol. The van der Waals surface area contributed by atoms with Crippen LogP contribution in [-0.2, 0) is 11.3 Å². The zero-order valence-corrected chi connectivity index (χ0v) is 16.7. The lowest BCUT2D eigenvalue weighted by atomic mass is 10.2. The lowest BCUT2D eigenvalue weighted by Gasteiger charge is -2.05. The van der Waals surface area contributed by atoms with Gasteiger partial charge in [0.15, 0.2) is 0 Å². The SMILES string of the molecule is COc1ccc(CNC(=O)/C(C#N)=C\c2ccc(-c3cccc(Br)c3)o2)cc1. The Morgan fingerprint density at radius 2 is 2.00 bits per heavy atom. The minimum absolute atomic E-state index is 0.0244. The third kappa shape index (κ3) is 4.90. The number of benzene rings is 2. The number of rotatable bonds is 6. The number of nitrogens with zero attached hydrogens (tertiary/aromatic N) is 1. The summed E-state index contributed by atoms with van der Waals surface area (Å²) < 4.78 is 11.8. The number of furan rings is 1. The lowest BCUT2D eigenvalue weighted by molar-refractivity contribution is -0.117. The van der Waals surface area contributed by atoms with Crippen LogP contribution in [0.4, 0.5) is 0 Å². The van der Waals surface area contributed by atoms with E-state index in [1.54, 1.807) is 19.2 Å². The smallest absolute Gasteiger partial charge is 0.262 e. The van der Waals surface area contributed by atoms with Gasteiger partial charge in [-0.15, -0.1) is 0 Å². The molecular formula is C22H17BrN2O3. The number of carbonyl (C=O) groups excluding carboxylic acids is 1. The summed E-state index contributed by atoms with van der Waals surface area (Å²) in [6.45, 7) is 0.309. The van der Waals surface area contributed by atoms with E-state index >= 15 is 0 Å². The van der Waals surface area contributed by atoms with Gasteiger partial charge in [0.2, 0.25) is 0 Å². The first kappa shape index (κ1) is 19.5. The normalized spacial score (nSPS) is 11.0. The predicted molar refractivity (Wildman–Crippen MR) is 110 cm³/mol. The van der Waals surface area contributed by atoms with E-state index in [-0.39, 0.29) is 5.57 Å². The fourth-order valence-corrected chi connectivity index (χ4v) is 2.94. The van der Waals surface area contributed by atoms with E-state index in [9.17, 15) is 10.1 Å². The van der Waals surface area contributed by atoms with E-state index in [1.165, 1.54) is 6.08 Å². The van der Waals surface area contributed by atoms with Crippen LogP contribution in [0.2, 0.25) is 0 Å². The molecule has 0 saturated carbocycles. The van der Waals surface area contributed by atoms with Crippen molar-refractivity contribution in [1.82, 2.24) is 5.32 Å². The number of methoxy groups -OCH3 is 1. The molecule has 3 rings (SSSR count). The second-order valence-corrected chi connectivity index (χ2v) is 6.83. The number of hydrogen-bond donors (Lipinski definition) is 1. The quantitative estimate of drug-likeness (QED) is 0.438. The second-order valence-electron chi connectivity index (χ2n) is 5.91. The molecule has 0 atom stereocenters. The van der Waals surface area contributed by atoms with Crippen LogP contribution in [0.5, 0.6) is 5.75 Å². The zero-order chi connectivity index (χ0) is 19.9. The molecule has 1 amide bonds. The van der Waals surface area contributed by atoms with E-state index in [4.69, 9.17) is 9.15 Å². The lowest BCUT2D eigenvalue weighted by Crippen LogP contribution is -2.23. The Hall–Kier alpha value is -3.30. The molecule has 28 heavy (non-hydrogen) atoms. The first-order valence-corrected chi connectivity index (χ1v) is 9.27. The van der Waals surface area contributed by atoms with Gasteiger partial charge in [-0.2, -0.15) is 5.26 Å². The summed E-state index contributed by atoms with van der Waals surface area (Å²) >= 11 is 3.42. The third-order valence-electron chi connectivity index (χ3n) is 4.00. The maximum absolute atomic E-state index is 12.3. The maximum Gasteiger partial charge on any atom is 0.262 e. The van der Waals surface area contributed by atoms with Gasteiger partial charge in [-0.05, 0) is 42.0 Å². The van der Waals surface area contributed by atoms with Gasteiger partial charge in [0.25, 0.3) is 5.91 Å². The van der Waals surface area contributed by atoms with Crippen molar-refractivity contribution >= 4 is 27.9 Å². The van der Waals surface area contributed by atoms with Crippen molar-refractivity contribution in [3.63, 3.8) is 0 Å². The molecule has 6 heteroatoms. The van der Waals surface area contributed by atoms with Gasteiger partial charge in [0, 0.05) is 22.7 Å². The molecule has 2 aromatic carbocycles. The first-order valence-electron chi connectivity index (χ1n) is 8.48. The molecule has 0 bridgehead atoms. The van der Waals surface area contributed by atoms with Crippen LogP contribution >= 0.6 is 15.9 Å². The summed E-state index contributed by atoms with van der Waals surface area (Å²) in [4.78, 5) is 12.3. The van der Waals surface area contributed by atoms with Crippen LogP contribution in [0.1, 0.15) is 11.3 Å². The highest BCUT2D eigenvalue weighted by Crippen LogP contribution is 2.26. The Morgan fingerprint density at radius 1 is 1.21 bits per heavy atom. The molecule has 0 aliphatic carbocycles. The van der Waals surface area contributed by atoms with Gasteiger partial charge in [-0.3, -0.25) is 4.79 Å². The van der Waals surface area contributed by atoms with Crippen LogP contribution in [0.25, 0.3) is 17.4 Å². The van der Waals surface area contributed by atoms with Crippen LogP contribution in [0, 0.1) is 11.3 Å². The summed E-state index contributed by atoms with van der Waals surface area (Å²) in [5, 5.41) is 12.1. The van der Waals surface area contributed by atoms with E-state index in [1.807, 2.05) is 54.6 Å². The molecule has 0 fully saturated rings. The summed E-state index contributed by atoms with van der Waals surface area (Å²) in [7, 11) is 1.59. The van der Waals surface area contributed by atoms with Gasteiger partial charge in [-0.25, -0.2) is 0 Å². The first-order chi connectivity index (χ1) is 13.6. The van der Waals surface area contributed by atoms with Gasteiger partial charge in [-0.1, -0.05) is 40.2 Å². The molecule has 0 spiro atoms. The topological polar surface area (TPSA) is 75.3 Å². The standard InChI is InChI=1S/C22H17BrN2O3/c1-27-19-7-5-15(6-8-19)14-25-22(26)17(13-24)12-20-9-10-21(28-20)16-3-2-4-18(23)11-16/h2-12H,14H2,1H3,(H,25,26)/b17-12-. The average molecular weight is 437 g/mol. The Morgan fingerprint density at radius 3 is 2.68 bits per heavy atom. The van der Waals surface area contributed by atoms with Crippen LogP contribution in [0.15, 0.2) is 75.1 Å². The third-order valence-corrected chi connectivity index (χ3v) is 4.49. The molecule has 1 N–H and O–H groups in total. The van der Waals surface area contributed by atoms with E-state index in [0.717, 1.165) is 21.3 Å². The van der Waals surface area contributed by atoms with Crippen LogP contribution < -0.4 is 10.1 Å². The number of ether oxygens (including phenoxy) is 1. The Bertz CT molecular complexity index is 1050. The van der Waals surface area contributed by atoms with E-state index < -0.39 is 5.91 Å². The minimum atomic E-state index is -0.460. The molecule has 3 aromatic rings. The Balaban J connectivity index is 1.69. The molecule has 0 aliphatic rings. The van der Waals surface area contributed by atoms with Gasteiger partial charge >= 0.3 is 0 Å². The van der Waals surface area contributed by atoms with Crippen molar-refractivity contribution in [3.05, 3.63) is 82.0 Å². The van der Waals surface area contributed by atoms with Gasteiger partial charge in [0.05, 0.1) is 7.11 Å². The molecule has 1 heterocycles. The van der Waals surface area contributed by atoms with Gasteiger partial charge < -0.3 is 14.5 Å². The highest BCUT2D eigenvalue weighted by molar-refractivity contribution is 9.10. The van der Waals surface area contributed by atoms with Crippen LogP contribution in [0.3, 0.4) is 0 Å². The molecule has 5 nitrogen and oxygen atoms in total. The summed E-state index contributed by atoms with van der Waals surface area (Å²) in [5.41, 5.74) is 1.78. The van der Waals surface area contributed by atoms with Crippen LogP contribution in [-0.4, -0.2) is 13.0 Å². The summed E-state index contributed by atoms with van der Waals surface area (Å²) in [6.07, 6.45) is 1.44. The van der Waals surface area contributed by atoms with Crippen molar-refractivity contribution in [2.75, 3.05) is 7.11 Å². The number of carbonyl (C=O) groups is 1. The van der Waals surface area contributed by atoms with Crippen molar-refractivity contribution in [2.45, 2.75) is 6.54 Å². The highest BCUT2D eigenvalue weighted by atomic mass is 79.9. The number of nitrogens with one attached hydrogen (secondary N) is 1. The van der Waals surface area contributed by atoms with Crippen molar-refractivity contribution < 1.29 is 13.9 Å². The van der Waals surface area contributed by atoms with Crippen molar-refractivity contribution in [1.29, 1.82) is 5.26 Å². The second kappa shape index (κ2) is 9.07. The molecule has 1 aromatic heterocycles. The molecule has 140 valence electrons. The Labute approximate surface area is 171 Å². The number of amides is 1. The minimum Gasteiger partial charge on any atom is -0.497 e. The largest absolute Gasteiger partial charge is 0.497 e. The van der Waals surface area contributed by atoms with Gasteiger partial charge in [0.1, 0.15) is 28.9 Å². The van der Waals surface area contributed by atoms with Crippen molar-refractivity contribution in [3.8, 4) is 23.1 Å². The average Bonchev–Trinajstić information content (AvgIpc) is 3.19. The molecule has 0 aliphatic heterocycles. The van der Waals surface area contributed by atoms with E-state index in [0.29, 0.717) is 18.1 Å². The molecule has 0 radical (unpaired) electrons. The van der Waals surface area contributed by atoms with Crippen molar-refractivity contribution in [2.24, 2.45) is 0 Å². The maximum atomic E-state index is 12.3. The fraction of sp³-hybridized carbons (Fsp3) is 0.0909. The zero-order valence-electron chi connectivity index (χ0n) is 15.1. The van der Waals surface area contributed by atoms with E-state index in [2.05, 4.69) is 21.2 Å². The highest BCUT2D eigenvalue weighted by Gasteiger charge is 2.11. The fourth-order valence-electron chi connectivity index (χ4n) is 2.54. The summed E-state index contributed by atoms with van der Waals surface area (Å²) in [6, 6.07) is 20.5. The number of halogens is 1. The molecule has 0 unspecified atom stereocenters. The Kier molecular flexibility index (Phi) is 6.30. The summed E-state index contributed by atoms with van der Waals surface area (Å²) in [5.74, 6) is 1.38. The molecule has 0 saturated heterocycles.